The van der Waals surface area contributed by atoms with E-state index in [9.17, 15) is 4.21 Å². The lowest BCUT2D eigenvalue weighted by Gasteiger charge is -2.34. The smallest absolute Gasteiger partial charge is 0.225 e. The first-order chi connectivity index (χ1) is 24.7. The highest BCUT2D eigenvalue weighted by atomic mass is 32.2. The molecule has 2 aliphatic rings. The van der Waals surface area contributed by atoms with E-state index >= 15 is 0 Å². The van der Waals surface area contributed by atoms with Crippen LogP contribution in [0.1, 0.15) is 16.8 Å². The largest absolute Gasteiger partial charge is 0.497 e. The Kier molecular flexibility index (Phi) is 10.4. The highest BCUT2D eigenvalue weighted by Crippen LogP contribution is 2.28. The minimum atomic E-state index is -2.19. The Morgan fingerprint density at radius 3 is 2.00 bits per heavy atom. The van der Waals surface area contributed by atoms with Gasteiger partial charge in [0.15, 0.2) is 5.82 Å². The summed E-state index contributed by atoms with van der Waals surface area (Å²) in [6.07, 6.45) is 7.35. The third-order valence-electron chi connectivity index (χ3n) is 9.34. The van der Waals surface area contributed by atoms with Crippen LogP contribution in [0.2, 0.25) is 0 Å². The summed E-state index contributed by atoms with van der Waals surface area (Å²) in [7, 11) is 1.15. The molecule has 2 aliphatic heterocycles. The second-order valence-corrected chi connectivity index (χ2v) is 15.4. The van der Waals surface area contributed by atoms with Gasteiger partial charge in [-0.05, 0) is 47.3 Å². The van der Waals surface area contributed by atoms with E-state index in [1.165, 1.54) is 0 Å². The van der Waals surface area contributed by atoms with Crippen LogP contribution in [0, 0.1) is 0 Å². The Morgan fingerprint density at radius 2 is 1.45 bits per heavy atom. The van der Waals surface area contributed by atoms with Crippen LogP contribution in [0.4, 0.5) is 11.8 Å². The molecule has 2 fully saturated rings. The van der Waals surface area contributed by atoms with Crippen molar-refractivity contribution in [2.24, 2.45) is 0 Å². The minimum absolute atomic E-state index is 0.610. The average molecular weight is 712 g/mol. The van der Waals surface area contributed by atoms with Crippen molar-refractivity contribution < 1.29 is 18.4 Å². The number of rotatable bonds is 12. The molecule has 0 radical (unpaired) electrons. The zero-order valence-electron chi connectivity index (χ0n) is 29.5. The molecule has 1 atom stereocenters. The maximum absolute atomic E-state index is 12.4. The summed E-state index contributed by atoms with van der Waals surface area (Å²) in [5, 5.41) is 5.01. The molecule has 5 aromatic rings. The van der Waals surface area contributed by atoms with Crippen LogP contribution in [0.15, 0.2) is 73.2 Å². The fraction of sp³-hybridized carbons (Fsp3) is 0.378. The second kappa shape index (κ2) is 15.2. The monoisotopic (exact) mass is 711 g/mol. The van der Waals surface area contributed by atoms with Gasteiger partial charge >= 0.3 is 0 Å². The van der Waals surface area contributed by atoms with Gasteiger partial charge in [0.2, 0.25) is 5.95 Å². The van der Waals surface area contributed by atoms with E-state index in [1.807, 2.05) is 51.7 Å². The van der Waals surface area contributed by atoms with Gasteiger partial charge in [-0.25, -0.2) is 23.8 Å². The molecule has 0 aliphatic carbocycles. The molecular weight excluding hydrogens is 667 g/mol. The topological polar surface area (TPSA) is 114 Å². The molecular formula is C37H45N9O4S. The fourth-order valence-corrected chi connectivity index (χ4v) is 7.41. The molecule has 5 heterocycles. The molecule has 0 spiro atoms. The first kappa shape index (κ1) is 34.7. The summed E-state index contributed by atoms with van der Waals surface area (Å²) in [5.41, 5.74) is 5.68. The third kappa shape index (κ3) is 8.25. The van der Waals surface area contributed by atoms with Crippen molar-refractivity contribution in [1.82, 2.24) is 33.8 Å². The van der Waals surface area contributed by atoms with Crippen LogP contribution in [0.5, 0.6) is 11.5 Å². The molecule has 14 heteroatoms. The van der Waals surface area contributed by atoms with E-state index in [-0.39, 0.29) is 0 Å². The number of methoxy groups -OCH3 is 2. The third-order valence-corrected chi connectivity index (χ3v) is 10.8. The van der Waals surface area contributed by atoms with Gasteiger partial charge in [-0.2, -0.15) is 5.10 Å². The number of morpholine rings is 1. The summed E-state index contributed by atoms with van der Waals surface area (Å²) in [6, 6.07) is 18.2. The van der Waals surface area contributed by atoms with Crippen molar-refractivity contribution in [2.45, 2.75) is 19.6 Å². The number of benzene rings is 2. The highest BCUT2D eigenvalue weighted by Gasteiger charge is 2.23. The number of nitrogens with zero attached hydrogens (tertiary/aromatic N) is 9. The Labute approximate surface area is 299 Å². The van der Waals surface area contributed by atoms with Gasteiger partial charge in [-0.3, -0.25) is 9.11 Å². The first-order valence-electron chi connectivity index (χ1n) is 17.1. The lowest BCUT2D eigenvalue weighted by atomic mass is 10.1. The van der Waals surface area contributed by atoms with E-state index in [0.717, 1.165) is 90.2 Å². The van der Waals surface area contributed by atoms with Crippen molar-refractivity contribution in [1.29, 1.82) is 0 Å². The molecule has 51 heavy (non-hydrogen) atoms. The minimum Gasteiger partial charge on any atom is -0.497 e. The number of piperazine rings is 1. The molecule has 7 rings (SSSR count). The van der Waals surface area contributed by atoms with E-state index in [2.05, 4.69) is 50.9 Å². The second-order valence-electron chi connectivity index (χ2n) is 13.0. The molecule has 13 nitrogen and oxygen atoms in total. The van der Waals surface area contributed by atoms with Crippen molar-refractivity contribution >= 4 is 32.9 Å². The number of fused-ring (bicyclic) bond motifs is 1. The fourth-order valence-electron chi connectivity index (χ4n) is 6.47. The van der Waals surface area contributed by atoms with Gasteiger partial charge in [0.25, 0.3) is 0 Å². The normalized spacial score (nSPS) is 17.0. The molecule has 0 N–H and O–H groups in total. The summed E-state index contributed by atoms with van der Waals surface area (Å²) >= 11 is 0. The van der Waals surface area contributed by atoms with Crippen molar-refractivity contribution in [3.8, 4) is 22.8 Å². The molecule has 0 bridgehead atoms. The lowest BCUT2D eigenvalue weighted by molar-refractivity contribution is 0.122. The number of hydrogen-bond acceptors (Lipinski definition) is 11. The van der Waals surface area contributed by atoms with Crippen LogP contribution >= 0.6 is 0 Å². The number of aromatic nitrogens is 5. The summed E-state index contributed by atoms with van der Waals surface area (Å²) in [5.74, 6) is 6.96. The molecule has 0 saturated carbocycles. The van der Waals surface area contributed by atoms with Crippen LogP contribution in [0.25, 0.3) is 16.8 Å². The van der Waals surface area contributed by atoms with Gasteiger partial charge in [-0.1, -0.05) is 24.3 Å². The van der Waals surface area contributed by atoms with Gasteiger partial charge in [-0.15, -0.1) is 0 Å². The van der Waals surface area contributed by atoms with Crippen molar-refractivity contribution in [3.05, 3.63) is 90.0 Å². The molecule has 2 saturated heterocycles. The molecule has 1 unspecified atom stereocenters. The number of anilines is 2. The average Bonchev–Trinajstić information content (AvgIpc) is 3.57. The maximum Gasteiger partial charge on any atom is 0.225 e. The zero-order valence-corrected chi connectivity index (χ0v) is 30.3. The van der Waals surface area contributed by atoms with Crippen molar-refractivity contribution in [3.63, 3.8) is 0 Å². The standard InChI is InChI=1S/C37H45N9O4S/c1-48-32-9-5-28(6-10-32)24-44(25-29-7-11-33(49-2)12-8-29)37-38-22-30(23-39-37)34-27-46-35(36(40-34)43-17-19-50-20-18-43)21-31(41-46)26-42-13-15-45(16-14-42)51(3,4)47/h5-12,21-23,27H,3,13-20,24-26H2,1-2,4H3. The molecule has 0 amide bonds. The van der Waals surface area contributed by atoms with E-state index < -0.39 is 9.71 Å². The summed E-state index contributed by atoms with van der Waals surface area (Å²) in [6.45, 7) is 7.78. The van der Waals surface area contributed by atoms with Crippen LogP contribution in [-0.2, 0) is 34.1 Å². The number of ether oxygens (including phenoxy) is 3. The van der Waals surface area contributed by atoms with Gasteiger partial charge in [0, 0.05) is 92.8 Å². The predicted molar refractivity (Wildman–Crippen MR) is 201 cm³/mol. The molecule has 2 aromatic carbocycles. The van der Waals surface area contributed by atoms with Crippen LogP contribution in [-0.4, -0.2) is 117 Å². The van der Waals surface area contributed by atoms with Gasteiger partial charge in [0.05, 0.1) is 45.0 Å². The predicted octanol–water partition coefficient (Wildman–Crippen LogP) is 3.63. The van der Waals surface area contributed by atoms with Gasteiger partial charge in [0.1, 0.15) is 17.0 Å². The lowest BCUT2D eigenvalue weighted by Crippen LogP contribution is -2.47. The Hall–Kier alpha value is -4.76. The Bertz CT molecular complexity index is 1970. The van der Waals surface area contributed by atoms with Crippen LogP contribution in [0.3, 0.4) is 0 Å². The molecule has 3 aromatic heterocycles. The first-order valence-corrected chi connectivity index (χ1v) is 19.2. The summed E-state index contributed by atoms with van der Waals surface area (Å²) < 4.78 is 32.8. The van der Waals surface area contributed by atoms with Crippen molar-refractivity contribution in [2.75, 3.05) is 82.8 Å². The Morgan fingerprint density at radius 1 is 0.863 bits per heavy atom. The zero-order chi connectivity index (χ0) is 35.4. The maximum atomic E-state index is 12.4. The SMILES string of the molecule is C=S(C)(=O)N1CCN(Cc2cc3c(N4CCOCC4)nc(-c4cnc(N(Cc5ccc(OC)cc5)Cc5ccc(OC)cc5)nc4)cn3n2)CC1. The molecule has 268 valence electrons. The summed E-state index contributed by atoms with van der Waals surface area (Å²) in [4.78, 5) is 21.7. The highest BCUT2D eigenvalue weighted by molar-refractivity contribution is 7.97. The van der Waals surface area contributed by atoms with Gasteiger partial charge < -0.3 is 24.0 Å². The Balaban J connectivity index is 1.16. The van der Waals surface area contributed by atoms with Crippen LogP contribution < -0.4 is 19.3 Å². The van der Waals surface area contributed by atoms with E-state index in [1.54, 1.807) is 20.5 Å². The van der Waals surface area contributed by atoms with E-state index in [4.69, 9.17) is 34.3 Å². The quantitative estimate of drug-likeness (QED) is 0.177. The number of hydrogen-bond donors (Lipinski definition) is 0. The van der Waals surface area contributed by atoms with E-state index in [0.29, 0.717) is 38.8 Å².